The minimum Gasteiger partial charge on any atom is -0.321 e. The van der Waals surface area contributed by atoms with Crippen molar-refractivity contribution in [2.24, 2.45) is 0 Å². The molecule has 0 saturated carbocycles. The summed E-state index contributed by atoms with van der Waals surface area (Å²) in [4.78, 5) is 13.7. The zero-order valence-corrected chi connectivity index (χ0v) is 7.85. The molecule has 0 atom stereocenters. The fourth-order valence-electron chi connectivity index (χ4n) is 1.36. The largest absolute Gasteiger partial charge is 0.321 e. The van der Waals surface area contributed by atoms with E-state index in [1.165, 1.54) is 6.07 Å². The maximum Gasteiger partial charge on any atom is 0.248 e. The zero-order valence-electron chi connectivity index (χ0n) is 7.10. The van der Waals surface area contributed by atoms with Crippen LogP contribution in [0.15, 0.2) is 29.1 Å². The summed E-state index contributed by atoms with van der Waals surface area (Å²) in [5.74, 6) is 0. The second kappa shape index (κ2) is 2.89. The topological polar surface area (TPSA) is 32.9 Å². The Bertz CT molecular complexity index is 516. The van der Waals surface area contributed by atoms with Crippen LogP contribution in [0, 0.1) is 6.92 Å². The fraction of sp³-hybridized carbons (Fsp3) is 0.100. The number of H-pyrrole nitrogens is 1. The predicted octanol–water partition coefficient (Wildman–Crippen LogP) is 2.49. The Morgan fingerprint density at radius 2 is 2.08 bits per heavy atom. The van der Waals surface area contributed by atoms with Crippen molar-refractivity contribution in [2.75, 3.05) is 0 Å². The first-order chi connectivity index (χ1) is 6.16. The van der Waals surface area contributed by atoms with Gasteiger partial charge < -0.3 is 4.98 Å². The van der Waals surface area contributed by atoms with Crippen LogP contribution in [0.25, 0.3) is 10.9 Å². The highest BCUT2D eigenvalue weighted by atomic mass is 35.5. The Morgan fingerprint density at radius 1 is 1.31 bits per heavy atom. The van der Waals surface area contributed by atoms with Crippen molar-refractivity contribution in [2.45, 2.75) is 6.92 Å². The van der Waals surface area contributed by atoms with E-state index >= 15 is 0 Å². The smallest absolute Gasteiger partial charge is 0.248 e. The maximum absolute atomic E-state index is 11.0. The first kappa shape index (κ1) is 8.32. The van der Waals surface area contributed by atoms with E-state index in [1.807, 2.05) is 19.1 Å². The Hall–Kier alpha value is -1.28. The van der Waals surface area contributed by atoms with Gasteiger partial charge in [0.2, 0.25) is 5.56 Å². The standard InChI is InChI=1S/C10H8ClNO/c1-6-4-7-2-3-9(13)12-10(7)8(11)5-6/h2-5H,1H3,(H,12,13). The third-order valence-corrected chi connectivity index (χ3v) is 2.23. The molecule has 1 aromatic carbocycles. The van der Waals surface area contributed by atoms with Gasteiger partial charge in [-0.25, -0.2) is 0 Å². The highest BCUT2D eigenvalue weighted by molar-refractivity contribution is 6.35. The fourth-order valence-corrected chi connectivity index (χ4v) is 1.69. The van der Waals surface area contributed by atoms with Crippen molar-refractivity contribution >= 4 is 22.5 Å². The van der Waals surface area contributed by atoms with Crippen molar-refractivity contribution < 1.29 is 0 Å². The number of aromatic amines is 1. The molecule has 1 heterocycles. The molecule has 3 heteroatoms. The minimum absolute atomic E-state index is 0.127. The van der Waals surface area contributed by atoms with Gasteiger partial charge in [0.25, 0.3) is 0 Å². The van der Waals surface area contributed by atoms with E-state index in [9.17, 15) is 4.79 Å². The molecule has 0 aliphatic rings. The Balaban J connectivity index is 2.95. The number of hydrogen-bond acceptors (Lipinski definition) is 1. The van der Waals surface area contributed by atoms with Crippen LogP contribution < -0.4 is 5.56 Å². The molecule has 0 spiro atoms. The normalized spacial score (nSPS) is 10.6. The van der Waals surface area contributed by atoms with Crippen molar-refractivity contribution in [1.82, 2.24) is 4.98 Å². The molecule has 0 bridgehead atoms. The number of aromatic nitrogens is 1. The summed E-state index contributed by atoms with van der Waals surface area (Å²) >= 11 is 5.96. The molecule has 0 fully saturated rings. The number of pyridine rings is 1. The SMILES string of the molecule is Cc1cc(Cl)c2[nH]c(=O)ccc2c1. The van der Waals surface area contributed by atoms with Gasteiger partial charge in [-0.05, 0) is 30.7 Å². The monoisotopic (exact) mass is 193 g/mol. The van der Waals surface area contributed by atoms with Crippen LogP contribution in [0.4, 0.5) is 0 Å². The summed E-state index contributed by atoms with van der Waals surface area (Å²) in [7, 11) is 0. The van der Waals surface area contributed by atoms with E-state index in [0.717, 1.165) is 10.9 Å². The molecule has 66 valence electrons. The third kappa shape index (κ3) is 1.45. The molecular weight excluding hydrogens is 186 g/mol. The summed E-state index contributed by atoms with van der Waals surface area (Å²) in [6, 6.07) is 7.09. The Kier molecular flexibility index (Phi) is 1.85. The molecule has 0 radical (unpaired) electrons. The summed E-state index contributed by atoms with van der Waals surface area (Å²) in [5.41, 5.74) is 1.67. The van der Waals surface area contributed by atoms with Crippen LogP contribution in [-0.2, 0) is 0 Å². The first-order valence-electron chi connectivity index (χ1n) is 3.96. The van der Waals surface area contributed by atoms with E-state index in [-0.39, 0.29) is 5.56 Å². The average molecular weight is 194 g/mol. The number of benzene rings is 1. The lowest BCUT2D eigenvalue weighted by Crippen LogP contribution is -2.02. The van der Waals surface area contributed by atoms with Gasteiger partial charge in [-0.1, -0.05) is 11.6 Å². The van der Waals surface area contributed by atoms with E-state index in [0.29, 0.717) is 10.5 Å². The highest BCUT2D eigenvalue weighted by Gasteiger charge is 2.00. The number of rotatable bonds is 0. The van der Waals surface area contributed by atoms with Crippen LogP contribution in [0.3, 0.4) is 0 Å². The molecular formula is C10H8ClNO. The van der Waals surface area contributed by atoms with Crippen LogP contribution in [0.1, 0.15) is 5.56 Å². The summed E-state index contributed by atoms with van der Waals surface area (Å²) in [6.07, 6.45) is 0. The van der Waals surface area contributed by atoms with Gasteiger partial charge >= 0.3 is 0 Å². The third-order valence-electron chi connectivity index (χ3n) is 1.93. The number of halogens is 1. The minimum atomic E-state index is -0.127. The molecule has 13 heavy (non-hydrogen) atoms. The molecule has 2 aromatic rings. The van der Waals surface area contributed by atoms with Crippen LogP contribution in [0.5, 0.6) is 0 Å². The van der Waals surface area contributed by atoms with Gasteiger partial charge in [0.15, 0.2) is 0 Å². The molecule has 0 saturated heterocycles. The van der Waals surface area contributed by atoms with Crippen LogP contribution in [-0.4, -0.2) is 4.98 Å². The molecule has 2 rings (SSSR count). The number of hydrogen-bond donors (Lipinski definition) is 1. The Labute approximate surface area is 80.2 Å². The number of aryl methyl sites for hydroxylation is 1. The Morgan fingerprint density at radius 3 is 2.85 bits per heavy atom. The van der Waals surface area contributed by atoms with E-state index < -0.39 is 0 Å². The van der Waals surface area contributed by atoms with Crippen molar-refractivity contribution in [3.05, 3.63) is 45.2 Å². The van der Waals surface area contributed by atoms with Gasteiger partial charge in [0.1, 0.15) is 0 Å². The van der Waals surface area contributed by atoms with Gasteiger partial charge in [-0.15, -0.1) is 0 Å². The molecule has 0 amide bonds. The lowest BCUT2D eigenvalue weighted by molar-refractivity contribution is 1.30. The molecule has 0 aliphatic heterocycles. The van der Waals surface area contributed by atoms with Crippen molar-refractivity contribution in [3.8, 4) is 0 Å². The van der Waals surface area contributed by atoms with Gasteiger partial charge in [-0.2, -0.15) is 0 Å². The molecule has 1 N–H and O–H groups in total. The zero-order chi connectivity index (χ0) is 9.42. The summed E-state index contributed by atoms with van der Waals surface area (Å²) in [5, 5.41) is 1.55. The second-order valence-electron chi connectivity index (χ2n) is 3.03. The van der Waals surface area contributed by atoms with Crippen molar-refractivity contribution in [3.63, 3.8) is 0 Å². The number of nitrogens with one attached hydrogen (secondary N) is 1. The van der Waals surface area contributed by atoms with Crippen molar-refractivity contribution in [1.29, 1.82) is 0 Å². The molecule has 2 nitrogen and oxygen atoms in total. The number of fused-ring (bicyclic) bond motifs is 1. The van der Waals surface area contributed by atoms with E-state index in [4.69, 9.17) is 11.6 Å². The summed E-state index contributed by atoms with van der Waals surface area (Å²) < 4.78 is 0. The molecule has 1 aromatic heterocycles. The van der Waals surface area contributed by atoms with Gasteiger partial charge in [0.05, 0.1) is 10.5 Å². The van der Waals surface area contributed by atoms with E-state index in [1.54, 1.807) is 6.07 Å². The van der Waals surface area contributed by atoms with Crippen LogP contribution >= 0.6 is 11.6 Å². The second-order valence-corrected chi connectivity index (χ2v) is 3.44. The molecule has 0 aliphatic carbocycles. The highest BCUT2D eigenvalue weighted by Crippen LogP contribution is 2.21. The van der Waals surface area contributed by atoms with Crippen LogP contribution in [0.2, 0.25) is 5.02 Å². The van der Waals surface area contributed by atoms with E-state index in [2.05, 4.69) is 4.98 Å². The molecule has 0 unspecified atom stereocenters. The van der Waals surface area contributed by atoms with Gasteiger partial charge in [0, 0.05) is 11.5 Å². The lowest BCUT2D eigenvalue weighted by atomic mass is 10.1. The quantitative estimate of drug-likeness (QED) is 0.685. The first-order valence-corrected chi connectivity index (χ1v) is 4.34. The van der Waals surface area contributed by atoms with Gasteiger partial charge in [-0.3, -0.25) is 4.79 Å². The average Bonchev–Trinajstić information content (AvgIpc) is 2.06. The maximum atomic E-state index is 11.0. The predicted molar refractivity (Wildman–Crippen MR) is 54.3 cm³/mol. The lowest BCUT2D eigenvalue weighted by Gasteiger charge is -2.01. The summed E-state index contributed by atoms with van der Waals surface area (Å²) in [6.45, 7) is 1.97.